The second-order valence-electron chi connectivity index (χ2n) is 9.08. The average molecular weight is 780 g/mol. The van der Waals surface area contributed by atoms with Gasteiger partial charge in [-0.15, -0.1) is 0 Å². The van der Waals surface area contributed by atoms with Crippen LogP contribution in [-0.4, -0.2) is 92.1 Å². The molecule has 0 heterocycles. The first-order chi connectivity index (χ1) is 22.0. The summed E-state index contributed by atoms with van der Waals surface area (Å²) in [5, 5.41) is 0. The first kappa shape index (κ1) is 46.2. The van der Waals surface area contributed by atoms with E-state index < -0.39 is 104 Å². The standard InChI is InChI=1S/C23H18F18O9/c1-5-11(42)45-8-15(24,25)21(36,37)48-18(30,31)14(4,19(32,33)49-22(38,39)16(26,27)9-46-12(43)6-2)20(34,35)50-23(40,41)17(28,29)10-47-13(44)7-3/h5-7H,1-3,8-10H2,4H3. The molecule has 0 aromatic rings. The zero-order valence-electron chi connectivity index (χ0n) is 24.0. The molecule has 0 saturated carbocycles. The second-order valence-corrected chi connectivity index (χ2v) is 9.08. The van der Waals surface area contributed by atoms with Crippen molar-refractivity contribution in [2.75, 3.05) is 19.8 Å². The van der Waals surface area contributed by atoms with Crippen LogP contribution in [0.1, 0.15) is 6.92 Å². The Labute approximate surface area is 265 Å². The van der Waals surface area contributed by atoms with Crippen LogP contribution in [0, 0.1) is 5.41 Å². The molecule has 0 radical (unpaired) electrons. The van der Waals surface area contributed by atoms with Crippen LogP contribution in [0.2, 0.25) is 0 Å². The molecule has 27 heteroatoms. The van der Waals surface area contributed by atoms with Gasteiger partial charge >= 0.3 is 72.3 Å². The van der Waals surface area contributed by atoms with Crippen molar-refractivity contribution in [1.29, 1.82) is 0 Å². The summed E-state index contributed by atoms with van der Waals surface area (Å²) in [6, 6.07) is 0. The summed E-state index contributed by atoms with van der Waals surface area (Å²) in [6.45, 7) is -3.54. The molecule has 0 aliphatic heterocycles. The average Bonchev–Trinajstić information content (AvgIpc) is 2.94. The lowest BCUT2D eigenvalue weighted by Gasteiger charge is -2.47. The van der Waals surface area contributed by atoms with Crippen molar-refractivity contribution in [3.05, 3.63) is 38.0 Å². The number of hydrogen-bond donors (Lipinski definition) is 0. The van der Waals surface area contributed by atoms with Crippen molar-refractivity contribution < 1.29 is 122 Å². The Kier molecular flexibility index (Phi) is 13.7. The van der Waals surface area contributed by atoms with Crippen molar-refractivity contribution in [2.45, 2.75) is 61.3 Å². The van der Waals surface area contributed by atoms with Gasteiger partial charge < -0.3 is 14.2 Å². The van der Waals surface area contributed by atoms with Crippen LogP contribution < -0.4 is 0 Å². The zero-order valence-corrected chi connectivity index (χ0v) is 24.0. The van der Waals surface area contributed by atoms with E-state index in [1.54, 1.807) is 0 Å². The number of rotatable bonds is 21. The highest BCUT2D eigenvalue weighted by atomic mass is 19.4. The summed E-state index contributed by atoms with van der Waals surface area (Å²) in [4.78, 5) is 32.6. The molecule has 9 nitrogen and oxygen atoms in total. The highest BCUT2D eigenvalue weighted by molar-refractivity contribution is 5.81. The Balaban J connectivity index is 7.42. The number of esters is 3. The molecule has 0 bridgehead atoms. The third-order valence-corrected chi connectivity index (χ3v) is 5.48. The van der Waals surface area contributed by atoms with Crippen molar-refractivity contribution in [2.24, 2.45) is 5.41 Å². The highest BCUT2D eigenvalue weighted by Gasteiger charge is 2.86. The monoisotopic (exact) mass is 780 g/mol. The maximum atomic E-state index is 15.0. The second kappa shape index (κ2) is 14.8. The van der Waals surface area contributed by atoms with Crippen LogP contribution in [0.5, 0.6) is 0 Å². The summed E-state index contributed by atoms with van der Waals surface area (Å²) in [5.41, 5.74) is -7.40. The molecule has 0 atom stereocenters. The molecular formula is C23H18F18O9. The summed E-state index contributed by atoms with van der Waals surface area (Å²) < 4.78 is 275. The van der Waals surface area contributed by atoms with E-state index in [0.29, 0.717) is 0 Å². The Bertz CT molecular complexity index is 1130. The van der Waals surface area contributed by atoms with Gasteiger partial charge in [-0.05, 0) is 6.92 Å². The predicted octanol–water partition coefficient (Wildman–Crippen LogP) is 6.69. The SMILES string of the molecule is C=CC(=O)OCC(F)(F)C(F)(F)OC(F)(F)C(C)(C(F)(F)OC(F)(F)C(F)(F)COC(=O)C=C)C(F)(F)OC(F)(F)C(F)(F)COC(=O)C=C. The quantitative estimate of drug-likeness (QED) is 0.0545. The number of carbonyl (C=O) groups excluding carboxylic acids is 3. The first-order valence-corrected chi connectivity index (χ1v) is 11.9. The molecule has 290 valence electrons. The molecule has 0 aromatic carbocycles. The number of alkyl halides is 18. The number of carbonyl (C=O) groups is 3. The molecule has 0 aliphatic rings. The van der Waals surface area contributed by atoms with Crippen molar-refractivity contribution in [3.63, 3.8) is 0 Å². The van der Waals surface area contributed by atoms with Crippen molar-refractivity contribution >= 4 is 17.9 Å². The fourth-order valence-corrected chi connectivity index (χ4v) is 2.44. The van der Waals surface area contributed by atoms with Crippen LogP contribution >= 0.6 is 0 Å². The van der Waals surface area contributed by atoms with E-state index in [2.05, 4.69) is 33.9 Å². The minimum absolute atomic E-state index is 0.0425. The lowest BCUT2D eigenvalue weighted by molar-refractivity contribution is -0.569. The lowest BCUT2D eigenvalue weighted by Crippen LogP contribution is -2.70. The minimum atomic E-state index is -7.88. The molecule has 0 unspecified atom stereocenters. The third-order valence-electron chi connectivity index (χ3n) is 5.48. The van der Waals surface area contributed by atoms with Crippen LogP contribution in [0.25, 0.3) is 0 Å². The Morgan fingerprint density at radius 3 is 0.760 bits per heavy atom. The molecule has 0 aromatic heterocycles. The summed E-state index contributed by atoms with van der Waals surface area (Å²) in [7, 11) is 0. The predicted molar refractivity (Wildman–Crippen MR) is 119 cm³/mol. The molecule has 0 spiro atoms. The van der Waals surface area contributed by atoms with Gasteiger partial charge in [0.25, 0.3) is 0 Å². The lowest BCUT2D eigenvalue weighted by atomic mass is 9.85. The van der Waals surface area contributed by atoms with E-state index in [4.69, 9.17) is 0 Å². The van der Waals surface area contributed by atoms with Crippen LogP contribution in [0.3, 0.4) is 0 Å². The molecule has 0 rings (SSSR count). The van der Waals surface area contributed by atoms with Gasteiger partial charge in [0, 0.05) is 18.2 Å². The van der Waals surface area contributed by atoms with E-state index in [1.165, 1.54) is 0 Å². The van der Waals surface area contributed by atoms with E-state index in [1.807, 2.05) is 14.2 Å². The number of halogens is 18. The fourth-order valence-electron chi connectivity index (χ4n) is 2.44. The van der Waals surface area contributed by atoms with E-state index >= 15 is 0 Å². The van der Waals surface area contributed by atoms with E-state index in [0.717, 1.165) is 0 Å². The van der Waals surface area contributed by atoms with Crippen LogP contribution in [0.4, 0.5) is 79.0 Å². The van der Waals surface area contributed by atoms with Crippen molar-refractivity contribution in [1.82, 2.24) is 0 Å². The maximum absolute atomic E-state index is 15.0. The maximum Gasteiger partial charge on any atom is 0.427 e. The zero-order chi connectivity index (χ0) is 40.2. The largest absolute Gasteiger partial charge is 0.456 e. The van der Waals surface area contributed by atoms with Gasteiger partial charge in [0.05, 0.1) is 0 Å². The van der Waals surface area contributed by atoms with Gasteiger partial charge in [0.2, 0.25) is 5.41 Å². The Hall–Kier alpha value is -3.75. The van der Waals surface area contributed by atoms with Gasteiger partial charge in [-0.1, -0.05) is 19.7 Å². The number of ether oxygens (including phenoxy) is 6. The molecule has 0 aliphatic carbocycles. The molecule has 0 amide bonds. The van der Waals surface area contributed by atoms with Crippen molar-refractivity contribution in [3.8, 4) is 0 Å². The van der Waals surface area contributed by atoms with Crippen LogP contribution in [0.15, 0.2) is 38.0 Å². The molecule has 0 fully saturated rings. The third kappa shape index (κ3) is 9.73. The van der Waals surface area contributed by atoms with Gasteiger partial charge in [-0.25, -0.2) is 28.6 Å². The fraction of sp³-hybridized carbons (Fsp3) is 0.609. The molecule has 0 N–H and O–H groups in total. The summed E-state index contributed by atoms with van der Waals surface area (Å²) >= 11 is 0. The Morgan fingerprint density at radius 1 is 0.420 bits per heavy atom. The molecule has 50 heavy (non-hydrogen) atoms. The summed E-state index contributed by atoms with van der Waals surface area (Å²) in [6.07, 6.45) is -45.5. The van der Waals surface area contributed by atoms with E-state index in [9.17, 15) is 93.4 Å². The summed E-state index contributed by atoms with van der Waals surface area (Å²) in [5.74, 6) is -25.6. The first-order valence-electron chi connectivity index (χ1n) is 11.9. The topological polar surface area (TPSA) is 107 Å². The van der Waals surface area contributed by atoms with Gasteiger partial charge in [0.1, 0.15) is 0 Å². The van der Waals surface area contributed by atoms with Gasteiger partial charge in [0.15, 0.2) is 19.8 Å². The molecular weight excluding hydrogens is 762 g/mol. The molecule has 0 saturated heterocycles. The minimum Gasteiger partial charge on any atom is -0.456 e. The number of hydrogen-bond acceptors (Lipinski definition) is 9. The highest BCUT2D eigenvalue weighted by Crippen LogP contribution is 2.63. The Morgan fingerprint density at radius 2 is 0.600 bits per heavy atom. The van der Waals surface area contributed by atoms with E-state index in [-0.39, 0.29) is 18.2 Å². The smallest absolute Gasteiger partial charge is 0.427 e. The van der Waals surface area contributed by atoms with Gasteiger partial charge in [-0.2, -0.15) is 79.0 Å². The van der Waals surface area contributed by atoms with Gasteiger partial charge in [-0.3, -0.25) is 0 Å². The van der Waals surface area contributed by atoms with Crippen LogP contribution in [-0.2, 0) is 42.8 Å². The normalized spacial score (nSPS) is 14.5.